The van der Waals surface area contributed by atoms with E-state index in [-0.39, 0.29) is 0 Å². The Morgan fingerprint density at radius 3 is 2.39 bits per heavy atom. The van der Waals surface area contributed by atoms with E-state index in [1.54, 1.807) is 11.8 Å². The molecule has 0 fully saturated rings. The zero-order valence-corrected chi connectivity index (χ0v) is 18.5. The average molecular weight is 425 g/mol. The van der Waals surface area contributed by atoms with Crippen molar-refractivity contribution in [3.63, 3.8) is 0 Å². The van der Waals surface area contributed by atoms with Crippen molar-refractivity contribution in [1.82, 2.24) is 19.7 Å². The van der Waals surface area contributed by atoms with E-state index >= 15 is 0 Å². The molecule has 2 aromatic heterocycles. The molecule has 0 aliphatic carbocycles. The molecule has 0 atom stereocenters. The second-order valence-electron chi connectivity index (χ2n) is 7.62. The molecule has 5 rings (SSSR count). The Morgan fingerprint density at radius 2 is 1.65 bits per heavy atom. The quantitative estimate of drug-likeness (QED) is 0.302. The number of benzene rings is 3. The van der Waals surface area contributed by atoms with Crippen LogP contribution in [0.15, 0.2) is 84.0 Å². The summed E-state index contributed by atoms with van der Waals surface area (Å²) in [6.07, 6.45) is 1.09. The first kappa shape index (κ1) is 19.6. The zero-order valence-electron chi connectivity index (χ0n) is 17.7. The molecule has 5 aromatic rings. The van der Waals surface area contributed by atoms with Gasteiger partial charge < -0.3 is 4.98 Å². The summed E-state index contributed by atoms with van der Waals surface area (Å²) in [6.45, 7) is 4.32. The summed E-state index contributed by atoms with van der Waals surface area (Å²) in [7, 11) is 0. The van der Waals surface area contributed by atoms with Crippen LogP contribution in [0.25, 0.3) is 39.2 Å². The number of thioether (sulfide) groups is 1. The molecule has 154 valence electrons. The van der Waals surface area contributed by atoms with Gasteiger partial charge in [0.05, 0.1) is 5.69 Å². The Morgan fingerprint density at radius 1 is 0.903 bits per heavy atom. The van der Waals surface area contributed by atoms with Crippen LogP contribution in [0.2, 0.25) is 0 Å². The van der Waals surface area contributed by atoms with Crippen LogP contribution in [0.3, 0.4) is 0 Å². The number of hydrogen-bond acceptors (Lipinski definition) is 3. The second kappa shape index (κ2) is 8.44. The minimum absolute atomic E-state index is 0.831. The van der Waals surface area contributed by atoms with Crippen molar-refractivity contribution in [1.29, 1.82) is 0 Å². The van der Waals surface area contributed by atoms with E-state index in [9.17, 15) is 0 Å². The first-order valence-corrected chi connectivity index (χ1v) is 11.6. The highest BCUT2D eigenvalue weighted by Crippen LogP contribution is 2.39. The smallest absolute Gasteiger partial charge is 0.196 e. The van der Waals surface area contributed by atoms with Crippen LogP contribution in [0.1, 0.15) is 18.9 Å². The molecular formula is C26H24N4S. The number of nitrogens with one attached hydrogen (secondary N) is 1. The minimum Gasteiger partial charge on any atom is -0.351 e. The molecule has 5 heteroatoms. The number of aryl methyl sites for hydroxylation is 1. The summed E-state index contributed by atoms with van der Waals surface area (Å²) in [4.78, 5) is 3.65. The van der Waals surface area contributed by atoms with Crippen LogP contribution >= 0.6 is 11.8 Å². The molecule has 0 saturated carbocycles. The van der Waals surface area contributed by atoms with Crippen molar-refractivity contribution in [2.75, 3.05) is 5.75 Å². The minimum atomic E-state index is 0.831. The lowest BCUT2D eigenvalue weighted by Gasteiger charge is -2.11. The van der Waals surface area contributed by atoms with Crippen molar-refractivity contribution in [3.05, 3.63) is 84.4 Å². The Hall–Kier alpha value is -3.31. The van der Waals surface area contributed by atoms with Crippen LogP contribution in [0, 0.1) is 6.92 Å². The normalized spacial score (nSPS) is 11.3. The lowest BCUT2D eigenvalue weighted by atomic mass is 10.0. The van der Waals surface area contributed by atoms with Gasteiger partial charge in [-0.3, -0.25) is 4.57 Å². The number of fused-ring (bicyclic) bond motifs is 1. The number of H-pyrrole nitrogens is 1. The lowest BCUT2D eigenvalue weighted by molar-refractivity contribution is 0.883. The Kier molecular flexibility index (Phi) is 5.35. The summed E-state index contributed by atoms with van der Waals surface area (Å²) in [5.74, 6) is 1.83. The molecule has 0 aliphatic heterocycles. The van der Waals surface area contributed by atoms with Crippen molar-refractivity contribution in [3.8, 4) is 28.3 Å². The van der Waals surface area contributed by atoms with E-state index in [1.807, 2.05) is 6.07 Å². The van der Waals surface area contributed by atoms with Gasteiger partial charge in [-0.2, -0.15) is 0 Å². The van der Waals surface area contributed by atoms with Gasteiger partial charge in [-0.1, -0.05) is 78.8 Å². The lowest BCUT2D eigenvalue weighted by Crippen LogP contribution is -2.00. The SMILES string of the molecule is CCCSc1nnc(-c2[nH]c3ccc(C)cc3c2-c2ccccc2)n1-c1ccccc1. The summed E-state index contributed by atoms with van der Waals surface area (Å²) >= 11 is 1.74. The van der Waals surface area contributed by atoms with Crippen LogP contribution < -0.4 is 0 Å². The fourth-order valence-corrected chi connectivity index (χ4v) is 4.71. The summed E-state index contributed by atoms with van der Waals surface area (Å²) in [5.41, 5.74) is 6.72. The van der Waals surface area contributed by atoms with Crippen molar-refractivity contribution in [2.45, 2.75) is 25.4 Å². The van der Waals surface area contributed by atoms with E-state index in [4.69, 9.17) is 0 Å². The van der Waals surface area contributed by atoms with Gasteiger partial charge in [-0.05, 0) is 43.2 Å². The molecule has 3 aromatic carbocycles. The topological polar surface area (TPSA) is 46.5 Å². The summed E-state index contributed by atoms with van der Waals surface area (Å²) < 4.78 is 2.17. The molecule has 0 bridgehead atoms. The van der Waals surface area contributed by atoms with Gasteiger partial charge in [-0.25, -0.2) is 0 Å². The van der Waals surface area contributed by atoms with Crippen LogP contribution in [0.5, 0.6) is 0 Å². The Labute approximate surface area is 186 Å². The van der Waals surface area contributed by atoms with Crippen LogP contribution in [0.4, 0.5) is 0 Å². The highest BCUT2D eigenvalue weighted by Gasteiger charge is 2.22. The number of para-hydroxylation sites is 1. The molecule has 0 saturated heterocycles. The molecule has 0 unspecified atom stereocenters. The molecule has 1 N–H and O–H groups in total. The molecule has 31 heavy (non-hydrogen) atoms. The number of hydrogen-bond donors (Lipinski definition) is 1. The molecule has 0 aliphatic rings. The van der Waals surface area contributed by atoms with Gasteiger partial charge in [0.2, 0.25) is 0 Å². The predicted molar refractivity (Wildman–Crippen MR) is 130 cm³/mol. The molecule has 0 radical (unpaired) electrons. The van der Waals surface area contributed by atoms with E-state index in [1.165, 1.54) is 16.5 Å². The standard InChI is InChI=1S/C26H24N4S/c1-3-16-31-26-29-28-25(30(26)20-12-8-5-9-13-20)24-23(19-10-6-4-7-11-19)21-17-18(2)14-15-22(21)27-24/h4-15,17,27H,3,16H2,1-2H3. The van der Waals surface area contributed by atoms with Gasteiger partial charge >= 0.3 is 0 Å². The average Bonchev–Trinajstić information content (AvgIpc) is 3.39. The fraction of sp³-hybridized carbons (Fsp3) is 0.154. The van der Waals surface area contributed by atoms with Crippen LogP contribution in [-0.2, 0) is 0 Å². The van der Waals surface area contributed by atoms with Crippen molar-refractivity contribution < 1.29 is 0 Å². The van der Waals surface area contributed by atoms with E-state index in [0.717, 1.165) is 45.6 Å². The number of rotatable bonds is 6. The van der Waals surface area contributed by atoms with Gasteiger partial charge in [0.25, 0.3) is 0 Å². The Balaban J connectivity index is 1.80. The number of aromatic nitrogens is 4. The predicted octanol–water partition coefficient (Wildman–Crippen LogP) is 6.89. The largest absolute Gasteiger partial charge is 0.351 e. The fourth-order valence-electron chi connectivity index (χ4n) is 3.91. The first-order valence-electron chi connectivity index (χ1n) is 10.6. The molecule has 0 amide bonds. The zero-order chi connectivity index (χ0) is 21.2. The Bertz CT molecular complexity index is 1320. The van der Waals surface area contributed by atoms with E-state index in [0.29, 0.717) is 0 Å². The molecular weight excluding hydrogens is 400 g/mol. The summed E-state index contributed by atoms with van der Waals surface area (Å²) in [5, 5.41) is 11.4. The first-order chi connectivity index (χ1) is 15.3. The number of nitrogens with zero attached hydrogens (tertiary/aromatic N) is 3. The van der Waals surface area contributed by atoms with Crippen molar-refractivity contribution >= 4 is 22.7 Å². The number of aromatic amines is 1. The third-order valence-corrected chi connectivity index (χ3v) is 6.46. The summed E-state index contributed by atoms with van der Waals surface area (Å²) in [6, 6.07) is 27.4. The van der Waals surface area contributed by atoms with Gasteiger partial charge in [0, 0.05) is 27.9 Å². The molecule has 0 spiro atoms. The molecule has 2 heterocycles. The monoisotopic (exact) mass is 424 g/mol. The maximum absolute atomic E-state index is 4.68. The van der Waals surface area contributed by atoms with Gasteiger partial charge in [-0.15, -0.1) is 10.2 Å². The maximum atomic E-state index is 4.68. The third kappa shape index (κ3) is 3.66. The molecule has 4 nitrogen and oxygen atoms in total. The van der Waals surface area contributed by atoms with E-state index in [2.05, 4.69) is 106 Å². The highest BCUT2D eigenvalue weighted by atomic mass is 32.2. The van der Waals surface area contributed by atoms with Crippen molar-refractivity contribution in [2.24, 2.45) is 0 Å². The van der Waals surface area contributed by atoms with Crippen LogP contribution in [-0.4, -0.2) is 25.5 Å². The van der Waals surface area contributed by atoms with Gasteiger partial charge in [0.1, 0.15) is 0 Å². The maximum Gasteiger partial charge on any atom is 0.196 e. The van der Waals surface area contributed by atoms with Gasteiger partial charge in [0.15, 0.2) is 11.0 Å². The third-order valence-electron chi connectivity index (χ3n) is 5.32. The van der Waals surface area contributed by atoms with E-state index < -0.39 is 0 Å². The highest BCUT2D eigenvalue weighted by molar-refractivity contribution is 7.99. The second-order valence-corrected chi connectivity index (χ2v) is 8.68.